The van der Waals surface area contributed by atoms with Crippen molar-refractivity contribution in [2.75, 3.05) is 6.54 Å². The highest BCUT2D eigenvalue weighted by Crippen LogP contribution is 2.26. The summed E-state index contributed by atoms with van der Waals surface area (Å²) in [5.74, 6) is -1.49. The van der Waals surface area contributed by atoms with Gasteiger partial charge >= 0.3 is 5.97 Å². The number of aromatic nitrogens is 1. The summed E-state index contributed by atoms with van der Waals surface area (Å²) in [4.78, 5) is 30.2. The molecule has 1 aliphatic heterocycles. The highest BCUT2D eigenvalue weighted by atomic mass is 32.1. The number of carbonyl (C=O) groups excluding carboxylic acids is 1. The number of carboxylic acids is 1. The summed E-state index contributed by atoms with van der Waals surface area (Å²) < 4.78 is 0. The van der Waals surface area contributed by atoms with E-state index in [1.54, 1.807) is 10.3 Å². The molecular weight excluding hydrogens is 324 g/mol. The summed E-state index contributed by atoms with van der Waals surface area (Å²) in [7, 11) is 0. The Bertz CT molecular complexity index is 729. The van der Waals surface area contributed by atoms with E-state index in [0.29, 0.717) is 31.5 Å². The summed E-state index contributed by atoms with van der Waals surface area (Å²) >= 11 is 1.47. The van der Waals surface area contributed by atoms with Gasteiger partial charge in [0.25, 0.3) is 5.91 Å². The van der Waals surface area contributed by atoms with E-state index in [4.69, 9.17) is 0 Å². The number of likely N-dealkylation sites (tertiary alicyclic amines) is 1. The molecule has 1 fully saturated rings. The zero-order valence-electron chi connectivity index (χ0n) is 13.5. The largest absolute Gasteiger partial charge is 0.481 e. The van der Waals surface area contributed by atoms with Crippen LogP contribution in [-0.2, 0) is 11.2 Å². The molecule has 2 atom stereocenters. The van der Waals surface area contributed by atoms with Gasteiger partial charge in [-0.1, -0.05) is 30.3 Å². The third-order valence-corrected chi connectivity index (χ3v) is 5.38. The second-order valence-corrected chi connectivity index (χ2v) is 7.06. The van der Waals surface area contributed by atoms with Gasteiger partial charge in [-0.3, -0.25) is 9.59 Å². The molecule has 1 aromatic carbocycles. The SMILES string of the molecule is C[C@@H]1[C@H](C(=O)O)CCCN1C(=O)c1csc(Cc2ccccc2)n1. The minimum Gasteiger partial charge on any atom is -0.481 e. The highest BCUT2D eigenvalue weighted by Gasteiger charge is 2.36. The topological polar surface area (TPSA) is 70.5 Å². The van der Waals surface area contributed by atoms with Gasteiger partial charge in [0.05, 0.1) is 10.9 Å². The molecule has 0 unspecified atom stereocenters. The van der Waals surface area contributed by atoms with E-state index in [-0.39, 0.29) is 11.9 Å². The molecule has 1 saturated heterocycles. The summed E-state index contributed by atoms with van der Waals surface area (Å²) in [6.45, 7) is 2.41. The first kappa shape index (κ1) is 16.6. The molecule has 0 saturated carbocycles. The van der Waals surface area contributed by atoms with Gasteiger partial charge in [0.2, 0.25) is 0 Å². The van der Waals surface area contributed by atoms with Crippen molar-refractivity contribution in [3.05, 3.63) is 52.0 Å². The maximum Gasteiger partial charge on any atom is 0.308 e. The van der Waals surface area contributed by atoms with Crippen molar-refractivity contribution in [1.82, 2.24) is 9.88 Å². The fourth-order valence-electron chi connectivity index (χ4n) is 3.17. The minimum absolute atomic E-state index is 0.163. The normalized spacial score (nSPS) is 20.8. The van der Waals surface area contributed by atoms with Crippen LogP contribution in [0.25, 0.3) is 0 Å². The molecule has 126 valence electrons. The van der Waals surface area contributed by atoms with E-state index < -0.39 is 11.9 Å². The number of benzene rings is 1. The number of rotatable bonds is 4. The lowest BCUT2D eigenvalue weighted by Crippen LogP contribution is -2.49. The molecule has 0 aliphatic carbocycles. The quantitative estimate of drug-likeness (QED) is 0.925. The molecule has 1 aromatic heterocycles. The second-order valence-electron chi connectivity index (χ2n) is 6.11. The fraction of sp³-hybridized carbons (Fsp3) is 0.389. The van der Waals surface area contributed by atoms with Crippen LogP contribution in [0.1, 0.15) is 40.8 Å². The Hall–Kier alpha value is -2.21. The Balaban J connectivity index is 1.72. The first-order valence-corrected chi connectivity index (χ1v) is 8.96. The average Bonchev–Trinajstić information content (AvgIpc) is 3.03. The van der Waals surface area contributed by atoms with E-state index in [0.717, 1.165) is 10.6 Å². The van der Waals surface area contributed by atoms with Crippen LogP contribution >= 0.6 is 11.3 Å². The third kappa shape index (κ3) is 3.48. The van der Waals surface area contributed by atoms with Crippen molar-refractivity contribution in [2.45, 2.75) is 32.2 Å². The second kappa shape index (κ2) is 7.13. The van der Waals surface area contributed by atoms with Gasteiger partial charge in [0, 0.05) is 24.4 Å². The van der Waals surface area contributed by atoms with Crippen LogP contribution in [0, 0.1) is 5.92 Å². The molecule has 5 nitrogen and oxygen atoms in total. The first-order valence-electron chi connectivity index (χ1n) is 8.08. The zero-order chi connectivity index (χ0) is 17.1. The van der Waals surface area contributed by atoms with Crippen LogP contribution in [0.2, 0.25) is 0 Å². The summed E-state index contributed by atoms with van der Waals surface area (Å²) in [5, 5.41) is 12.0. The Morgan fingerprint density at radius 2 is 2.08 bits per heavy atom. The zero-order valence-corrected chi connectivity index (χ0v) is 14.3. The van der Waals surface area contributed by atoms with Crippen molar-refractivity contribution < 1.29 is 14.7 Å². The highest BCUT2D eigenvalue weighted by molar-refractivity contribution is 7.09. The lowest BCUT2D eigenvalue weighted by atomic mass is 9.90. The number of piperidine rings is 1. The molecule has 2 aromatic rings. The van der Waals surface area contributed by atoms with Crippen molar-refractivity contribution in [1.29, 1.82) is 0 Å². The average molecular weight is 344 g/mol. The lowest BCUT2D eigenvalue weighted by molar-refractivity contribution is -0.144. The molecule has 6 heteroatoms. The smallest absolute Gasteiger partial charge is 0.308 e. The number of amides is 1. The van der Waals surface area contributed by atoms with Gasteiger partial charge in [0.15, 0.2) is 0 Å². The number of carbonyl (C=O) groups is 2. The molecule has 1 aliphatic rings. The number of hydrogen-bond donors (Lipinski definition) is 1. The molecule has 3 rings (SSSR count). The molecule has 1 amide bonds. The van der Waals surface area contributed by atoms with E-state index in [2.05, 4.69) is 4.98 Å². The Morgan fingerprint density at radius 3 is 2.79 bits per heavy atom. The minimum atomic E-state index is -0.831. The van der Waals surface area contributed by atoms with Crippen molar-refractivity contribution in [3.8, 4) is 0 Å². The third-order valence-electron chi connectivity index (χ3n) is 4.54. The predicted molar refractivity (Wildman–Crippen MR) is 92.2 cm³/mol. The van der Waals surface area contributed by atoms with Gasteiger partial charge in [0.1, 0.15) is 5.69 Å². The van der Waals surface area contributed by atoms with E-state index in [1.807, 2.05) is 37.3 Å². The fourth-order valence-corrected chi connectivity index (χ4v) is 3.97. The van der Waals surface area contributed by atoms with Crippen LogP contribution in [-0.4, -0.2) is 39.5 Å². The van der Waals surface area contributed by atoms with Crippen LogP contribution in [0.3, 0.4) is 0 Å². The monoisotopic (exact) mass is 344 g/mol. The van der Waals surface area contributed by atoms with E-state index in [1.165, 1.54) is 11.3 Å². The molecule has 0 spiro atoms. The number of thiazole rings is 1. The van der Waals surface area contributed by atoms with Gasteiger partial charge in [-0.2, -0.15) is 0 Å². The maximum absolute atomic E-state index is 12.7. The summed E-state index contributed by atoms with van der Waals surface area (Å²) in [5.41, 5.74) is 1.58. The summed E-state index contributed by atoms with van der Waals surface area (Å²) in [6, 6.07) is 9.70. The molecule has 0 bridgehead atoms. The Morgan fingerprint density at radius 1 is 1.33 bits per heavy atom. The van der Waals surface area contributed by atoms with E-state index >= 15 is 0 Å². The predicted octanol–water partition coefficient (Wildman–Crippen LogP) is 3.06. The standard InChI is InChI=1S/C18H20N2O3S/c1-12-14(18(22)23)8-5-9-20(12)17(21)15-11-24-16(19-15)10-13-6-3-2-4-7-13/h2-4,6-7,11-12,14H,5,8-10H2,1H3,(H,22,23)/t12-,14-/m1/s1. The summed E-state index contributed by atoms with van der Waals surface area (Å²) in [6.07, 6.45) is 2.04. The number of aliphatic carboxylic acids is 1. The lowest BCUT2D eigenvalue weighted by Gasteiger charge is -2.37. The van der Waals surface area contributed by atoms with Crippen molar-refractivity contribution >= 4 is 23.2 Å². The Kier molecular flexibility index (Phi) is 4.94. The van der Waals surface area contributed by atoms with Gasteiger partial charge in [-0.05, 0) is 25.3 Å². The van der Waals surface area contributed by atoms with Crippen LogP contribution in [0.4, 0.5) is 0 Å². The first-order chi connectivity index (χ1) is 11.6. The van der Waals surface area contributed by atoms with Crippen molar-refractivity contribution in [2.24, 2.45) is 5.92 Å². The van der Waals surface area contributed by atoms with Gasteiger partial charge in [-0.25, -0.2) is 4.98 Å². The maximum atomic E-state index is 12.7. The van der Waals surface area contributed by atoms with Crippen LogP contribution in [0.15, 0.2) is 35.7 Å². The molecule has 1 N–H and O–H groups in total. The van der Waals surface area contributed by atoms with Gasteiger partial charge in [-0.15, -0.1) is 11.3 Å². The number of carboxylic acid groups (broad SMARTS) is 1. The van der Waals surface area contributed by atoms with E-state index in [9.17, 15) is 14.7 Å². The molecule has 2 heterocycles. The van der Waals surface area contributed by atoms with Gasteiger partial charge < -0.3 is 10.0 Å². The number of hydrogen-bond acceptors (Lipinski definition) is 4. The Labute approximate surface area is 145 Å². The molecular formula is C18H20N2O3S. The molecule has 0 radical (unpaired) electrons. The number of nitrogens with zero attached hydrogens (tertiary/aromatic N) is 2. The molecule has 24 heavy (non-hydrogen) atoms. The van der Waals surface area contributed by atoms with Crippen LogP contribution in [0.5, 0.6) is 0 Å². The van der Waals surface area contributed by atoms with Crippen LogP contribution < -0.4 is 0 Å². The van der Waals surface area contributed by atoms with Crippen molar-refractivity contribution in [3.63, 3.8) is 0 Å².